The molecule has 28 heavy (non-hydrogen) atoms. The highest BCUT2D eigenvalue weighted by Gasteiger charge is 2.29. The molecular weight excluding hydrogens is 376 g/mol. The second-order valence-electron chi connectivity index (χ2n) is 7.95. The monoisotopic (exact) mass is 399 g/mol. The molecule has 1 aliphatic carbocycles. The Morgan fingerprint density at radius 3 is 2.68 bits per heavy atom. The molecule has 0 bridgehead atoms. The summed E-state index contributed by atoms with van der Waals surface area (Å²) in [5.41, 5.74) is 8.96. The molecule has 0 radical (unpaired) electrons. The summed E-state index contributed by atoms with van der Waals surface area (Å²) in [7, 11) is 4.48. The van der Waals surface area contributed by atoms with Gasteiger partial charge in [0, 0.05) is 11.8 Å². The Morgan fingerprint density at radius 2 is 1.96 bits per heavy atom. The van der Waals surface area contributed by atoms with E-state index in [0.29, 0.717) is 11.3 Å². The largest absolute Gasteiger partial charge is 0.396 e. The van der Waals surface area contributed by atoms with Gasteiger partial charge in [-0.1, -0.05) is 17.7 Å². The normalized spacial score (nSPS) is 21.6. The maximum Gasteiger partial charge on any atom is 0.202 e. The zero-order chi connectivity index (χ0) is 20.1. The third-order valence-electron chi connectivity index (χ3n) is 5.40. The first-order chi connectivity index (χ1) is 13.3. The minimum Gasteiger partial charge on any atom is -0.396 e. The van der Waals surface area contributed by atoms with Crippen molar-refractivity contribution in [2.75, 3.05) is 45.2 Å². The van der Waals surface area contributed by atoms with E-state index in [1.54, 1.807) is 13.0 Å². The number of quaternary nitrogens is 1. The summed E-state index contributed by atoms with van der Waals surface area (Å²) < 4.78 is 2.82. The summed E-state index contributed by atoms with van der Waals surface area (Å²) in [5, 5.41) is 4.80. The second kappa shape index (κ2) is 6.76. The van der Waals surface area contributed by atoms with Crippen LogP contribution in [0.2, 0.25) is 0 Å². The molecule has 3 heterocycles. The standard InChI is InChI=1S/C20H23ClN6O/c1-13-12-14(17(22)16(21)19(13)28)23-18-15-6-4-5-7-26(15)24-20(18)25-8-10-27(2,3)11-9-25/h4-7,12H,8-11H2,1-3H3,(H-,22,28)/p+1. The average Bonchev–Trinajstić information content (AvgIpc) is 3.03. The summed E-state index contributed by atoms with van der Waals surface area (Å²) in [4.78, 5) is 19.1. The first kappa shape index (κ1) is 18.7. The number of likely N-dealkylation sites (N-methyl/N-ethyl adjacent to an activating group) is 1. The minimum atomic E-state index is -0.255. The molecule has 146 valence electrons. The van der Waals surface area contributed by atoms with Crippen LogP contribution in [0.4, 0.5) is 11.5 Å². The fraction of sp³-hybridized carbons (Fsp3) is 0.350. The molecular formula is C20H24ClN6O+. The van der Waals surface area contributed by atoms with Crippen molar-refractivity contribution >= 4 is 40.1 Å². The topological polar surface area (TPSA) is 76.0 Å². The number of carbonyl (C=O) groups excluding carboxylic acids is 1. The number of anilines is 1. The van der Waals surface area contributed by atoms with E-state index in [4.69, 9.17) is 27.4 Å². The Labute approximate surface area is 169 Å². The third kappa shape index (κ3) is 3.21. The molecule has 0 saturated carbocycles. The van der Waals surface area contributed by atoms with E-state index in [-0.39, 0.29) is 16.5 Å². The summed E-state index contributed by atoms with van der Waals surface area (Å²) in [5.74, 6) is 0.569. The number of nitrogens with zero attached hydrogens (tertiary/aromatic N) is 5. The Balaban J connectivity index is 1.84. The van der Waals surface area contributed by atoms with Crippen LogP contribution in [0, 0.1) is 0 Å². The van der Waals surface area contributed by atoms with Crippen molar-refractivity contribution in [3.63, 3.8) is 0 Å². The third-order valence-corrected chi connectivity index (χ3v) is 5.78. The fourth-order valence-corrected chi connectivity index (χ4v) is 3.73. The van der Waals surface area contributed by atoms with Gasteiger partial charge in [-0.3, -0.25) is 4.79 Å². The number of rotatable bonds is 2. The van der Waals surface area contributed by atoms with E-state index in [1.165, 1.54) is 0 Å². The zero-order valence-electron chi connectivity index (χ0n) is 16.3. The summed E-state index contributed by atoms with van der Waals surface area (Å²) in [6.07, 6.45) is 3.60. The number of aromatic nitrogens is 2. The van der Waals surface area contributed by atoms with Crippen molar-refractivity contribution < 1.29 is 9.28 Å². The van der Waals surface area contributed by atoms with Gasteiger partial charge in [0.15, 0.2) is 5.82 Å². The molecule has 7 nitrogen and oxygen atoms in total. The first-order valence-corrected chi connectivity index (χ1v) is 9.66. The fourth-order valence-electron chi connectivity index (χ4n) is 3.48. The summed E-state index contributed by atoms with van der Waals surface area (Å²) >= 11 is 6.14. The summed E-state index contributed by atoms with van der Waals surface area (Å²) in [6.45, 7) is 5.58. The molecule has 0 atom stereocenters. The van der Waals surface area contributed by atoms with E-state index in [0.717, 1.165) is 47.7 Å². The highest BCUT2D eigenvalue weighted by Crippen LogP contribution is 2.35. The van der Waals surface area contributed by atoms with Crippen LogP contribution in [0.1, 0.15) is 6.92 Å². The lowest BCUT2D eigenvalue weighted by atomic mass is 10.0. The van der Waals surface area contributed by atoms with Crippen LogP contribution >= 0.6 is 11.6 Å². The number of piperazine rings is 1. The maximum atomic E-state index is 12.1. The smallest absolute Gasteiger partial charge is 0.202 e. The van der Waals surface area contributed by atoms with Crippen LogP contribution in [0.15, 0.2) is 51.8 Å². The SMILES string of the molecule is CC1=CC(=Nc2c(N3CC[N+](C)(C)CC3)nn3ccccc23)C(N)=C(Cl)C1=O. The van der Waals surface area contributed by atoms with E-state index in [1.807, 2.05) is 28.9 Å². The molecule has 2 N–H and O–H groups in total. The number of ketones is 1. The predicted octanol–water partition coefficient (Wildman–Crippen LogP) is 2.24. The van der Waals surface area contributed by atoms with Gasteiger partial charge >= 0.3 is 0 Å². The molecule has 0 unspecified atom stereocenters. The second-order valence-corrected chi connectivity index (χ2v) is 8.33. The highest BCUT2D eigenvalue weighted by atomic mass is 35.5. The van der Waals surface area contributed by atoms with Gasteiger partial charge in [-0.05, 0) is 25.1 Å². The predicted molar refractivity (Wildman–Crippen MR) is 112 cm³/mol. The molecule has 2 aliphatic rings. The number of pyridine rings is 1. The molecule has 8 heteroatoms. The number of Topliss-reactive ketones (excluding diaryl/α,β-unsaturated/α-hetero) is 1. The molecule has 0 spiro atoms. The number of halogens is 1. The lowest BCUT2D eigenvalue weighted by Gasteiger charge is -2.39. The molecule has 4 rings (SSSR count). The van der Waals surface area contributed by atoms with Gasteiger partial charge in [0.05, 0.1) is 57.2 Å². The van der Waals surface area contributed by atoms with Crippen molar-refractivity contribution in [1.29, 1.82) is 0 Å². The molecule has 1 saturated heterocycles. The molecule has 0 aromatic carbocycles. The van der Waals surface area contributed by atoms with Gasteiger partial charge in [-0.25, -0.2) is 9.51 Å². The van der Waals surface area contributed by atoms with Gasteiger partial charge in [-0.2, -0.15) is 0 Å². The number of fused-ring (bicyclic) bond motifs is 1. The van der Waals surface area contributed by atoms with Gasteiger partial charge in [-0.15, -0.1) is 5.10 Å². The minimum absolute atomic E-state index is 0.0220. The van der Waals surface area contributed by atoms with Crippen LogP contribution in [-0.2, 0) is 4.79 Å². The van der Waals surface area contributed by atoms with Crippen LogP contribution in [-0.4, -0.2) is 65.9 Å². The number of hydrogen-bond donors (Lipinski definition) is 1. The number of allylic oxidation sites excluding steroid dienone is 3. The number of carbonyl (C=O) groups is 1. The van der Waals surface area contributed by atoms with Crippen LogP contribution in [0.25, 0.3) is 5.52 Å². The van der Waals surface area contributed by atoms with Crippen molar-refractivity contribution in [3.05, 3.63) is 46.8 Å². The average molecular weight is 400 g/mol. The van der Waals surface area contributed by atoms with Gasteiger partial charge < -0.3 is 15.1 Å². The van der Waals surface area contributed by atoms with Gasteiger partial charge in [0.1, 0.15) is 10.7 Å². The molecule has 2 aromatic rings. The van der Waals surface area contributed by atoms with Crippen molar-refractivity contribution in [3.8, 4) is 0 Å². The first-order valence-electron chi connectivity index (χ1n) is 9.28. The van der Waals surface area contributed by atoms with Crippen molar-refractivity contribution in [1.82, 2.24) is 9.61 Å². The Morgan fingerprint density at radius 1 is 1.25 bits per heavy atom. The number of aliphatic imine (C=N–C) groups is 1. The quantitative estimate of drug-likeness (QED) is 0.620. The van der Waals surface area contributed by atoms with Crippen molar-refractivity contribution in [2.45, 2.75) is 6.92 Å². The van der Waals surface area contributed by atoms with E-state index >= 15 is 0 Å². The summed E-state index contributed by atoms with van der Waals surface area (Å²) in [6, 6.07) is 5.87. The van der Waals surface area contributed by atoms with Gasteiger partial charge in [0.2, 0.25) is 5.78 Å². The molecule has 0 amide bonds. The van der Waals surface area contributed by atoms with E-state index < -0.39 is 0 Å². The van der Waals surface area contributed by atoms with Gasteiger partial charge in [0.25, 0.3) is 0 Å². The van der Waals surface area contributed by atoms with Crippen LogP contribution in [0.3, 0.4) is 0 Å². The maximum absolute atomic E-state index is 12.1. The Kier molecular flexibility index (Phi) is 4.51. The number of hydrogen-bond acceptors (Lipinski definition) is 5. The highest BCUT2D eigenvalue weighted by molar-refractivity contribution is 6.49. The Hall–Kier alpha value is -2.64. The Bertz CT molecular complexity index is 1050. The van der Waals surface area contributed by atoms with E-state index in [9.17, 15) is 4.79 Å². The van der Waals surface area contributed by atoms with Crippen molar-refractivity contribution in [2.24, 2.45) is 10.7 Å². The molecule has 1 aliphatic heterocycles. The number of nitrogens with two attached hydrogens (primary N) is 1. The van der Waals surface area contributed by atoms with Crippen LogP contribution < -0.4 is 10.6 Å². The zero-order valence-corrected chi connectivity index (χ0v) is 17.1. The molecule has 2 aromatic heterocycles. The lowest BCUT2D eigenvalue weighted by molar-refractivity contribution is -0.890. The van der Waals surface area contributed by atoms with E-state index in [2.05, 4.69) is 19.0 Å². The molecule has 1 fully saturated rings. The lowest BCUT2D eigenvalue weighted by Crippen LogP contribution is -2.55. The van der Waals surface area contributed by atoms with Crippen LogP contribution in [0.5, 0.6) is 0 Å².